The lowest BCUT2D eigenvalue weighted by Crippen LogP contribution is -2.19. The van der Waals surface area contributed by atoms with Crippen molar-refractivity contribution in [3.05, 3.63) is 38.9 Å². The maximum Gasteiger partial charge on any atom is 0.137 e. The first-order chi connectivity index (χ1) is 9.15. The van der Waals surface area contributed by atoms with E-state index in [0.717, 1.165) is 23.8 Å². The summed E-state index contributed by atoms with van der Waals surface area (Å²) >= 11 is 7.96. The van der Waals surface area contributed by atoms with Crippen LogP contribution in [0.25, 0.3) is 0 Å². The van der Waals surface area contributed by atoms with Crippen LogP contribution in [0.3, 0.4) is 0 Å². The van der Waals surface area contributed by atoms with Crippen molar-refractivity contribution in [2.45, 2.75) is 32.2 Å². The second-order valence-electron chi connectivity index (χ2n) is 5.08. The van der Waals surface area contributed by atoms with E-state index in [-0.39, 0.29) is 0 Å². The standard InChI is InChI=1S/C14H16ClN3S/c1-9-12(15)16-13(11-3-4-11)17-14(9)18(2)7-10-5-6-19-8-10/h5-6,8,11H,3-4,7H2,1-2H3. The van der Waals surface area contributed by atoms with E-state index in [0.29, 0.717) is 11.1 Å². The van der Waals surface area contributed by atoms with E-state index >= 15 is 0 Å². The summed E-state index contributed by atoms with van der Waals surface area (Å²) in [6, 6.07) is 2.14. The molecule has 2 aromatic heterocycles. The van der Waals surface area contributed by atoms with Gasteiger partial charge in [0.1, 0.15) is 16.8 Å². The predicted octanol–water partition coefficient (Wildman–Crippen LogP) is 4.01. The van der Waals surface area contributed by atoms with E-state index in [1.165, 1.54) is 18.4 Å². The molecule has 0 saturated heterocycles. The lowest BCUT2D eigenvalue weighted by atomic mass is 10.2. The molecule has 2 aromatic rings. The lowest BCUT2D eigenvalue weighted by Gasteiger charge is -2.20. The molecule has 1 saturated carbocycles. The quantitative estimate of drug-likeness (QED) is 0.798. The summed E-state index contributed by atoms with van der Waals surface area (Å²) in [5.74, 6) is 2.38. The van der Waals surface area contributed by atoms with Crippen LogP contribution in [0, 0.1) is 6.92 Å². The van der Waals surface area contributed by atoms with E-state index in [9.17, 15) is 0 Å². The van der Waals surface area contributed by atoms with Crippen molar-refractivity contribution in [1.29, 1.82) is 0 Å². The summed E-state index contributed by atoms with van der Waals surface area (Å²) in [4.78, 5) is 11.3. The van der Waals surface area contributed by atoms with Gasteiger partial charge in [0.15, 0.2) is 0 Å². The molecule has 1 fully saturated rings. The van der Waals surface area contributed by atoms with Crippen LogP contribution in [0.2, 0.25) is 5.15 Å². The smallest absolute Gasteiger partial charge is 0.137 e. The average Bonchev–Trinajstić information content (AvgIpc) is 3.11. The van der Waals surface area contributed by atoms with Gasteiger partial charge in [0.2, 0.25) is 0 Å². The SMILES string of the molecule is Cc1c(Cl)nc(C2CC2)nc1N(C)Cc1ccsc1. The largest absolute Gasteiger partial charge is 0.355 e. The zero-order valence-corrected chi connectivity index (χ0v) is 12.6. The van der Waals surface area contributed by atoms with Crippen LogP contribution in [0.5, 0.6) is 0 Å². The Kier molecular flexibility index (Phi) is 3.46. The van der Waals surface area contributed by atoms with Gasteiger partial charge in [0, 0.05) is 25.1 Å². The highest BCUT2D eigenvalue weighted by Gasteiger charge is 2.28. The Morgan fingerprint density at radius 1 is 1.42 bits per heavy atom. The van der Waals surface area contributed by atoms with Crippen molar-refractivity contribution < 1.29 is 0 Å². The van der Waals surface area contributed by atoms with Crippen molar-refractivity contribution in [2.24, 2.45) is 0 Å². The summed E-state index contributed by atoms with van der Waals surface area (Å²) in [5.41, 5.74) is 2.26. The van der Waals surface area contributed by atoms with Gasteiger partial charge >= 0.3 is 0 Å². The van der Waals surface area contributed by atoms with Gasteiger partial charge in [-0.3, -0.25) is 0 Å². The Morgan fingerprint density at radius 2 is 2.21 bits per heavy atom. The fraction of sp³-hybridized carbons (Fsp3) is 0.429. The highest BCUT2D eigenvalue weighted by Crippen LogP contribution is 2.39. The first-order valence-electron chi connectivity index (χ1n) is 6.41. The highest BCUT2D eigenvalue weighted by molar-refractivity contribution is 7.07. The van der Waals surface area contributed by atoms with E-state index in [1.807, 2.05) is 6.92 Å². The minimum Gasteiger partial charge on any atom is -0.355 e. The van der Waals surface area contributed by atoms with Crippen molar-refractivity contribution in [3.8, 4) is 0 Å². The number of hydrogen-bond donors (Lipinski definition) is 0. The lowest BCUT2D eigenvalue weighted by molar-refractivity contribution is 0.846. The number of aromatic nitrogens is 2. The molecule has 0 amide bonds. The van der Waals surface area contributed by atoms with E-state index < -0.39 is 0 Å². The first kappa shape index (κ1) is 12.9. The van der Waals surface area contributed by atoms with Crippen molar-refractivity contribution in [1.82, 2.24) is 9.97 Å². The number of anilines is 1. The zero-order valence-electron chi connectivity index (χ0n) is 11.1. The number of thiophene rings is 1. The molecule has 0 bridgehead atoms. The second kappa shape index (κ2) is 5.10. The molecule has 100 valence electrons. The molecule has 1 aliphatic rings. The average molecular weight is 294 g/mol. The summed E-state index contributed by atoms with van der Waals surface area (Å²) in [5, 5.41) is 4.85. The molecule has 19 heavy (non-hydrogen) atoms. The van der Waals surface area contributed by atoms with Crippen LogP contribution in [0.4, 0.5) is 5.82 Å². The molecule has 0 atom stereocenters. The molecule has 2 heterocycles. The van der Waals surface area contributed by atoms with Crippen LogP contribution in [-0.4, -0.2) is 17.0 Å². The molecular weight excluding hydrogens is 278 g/mol. The Morgan fingerprint density at radius 3 is 2.84 bits per heavy atom. The van der Waals surface area contributed by atoms with Gasteiger partial charge in [-0.2, -0.15) is 11.3 Å². The van der Waals surface area contributed by atoms with Gasteiger partial charge in [-0.1, -0.05) is 11.6 Å². The third-order valence-corrected chi connectivity index (χ3v) is 4.48. The number of rotatable bonds is 4. The van der Waals surface area contributed by atoms with E-state index in [4.69, 9.17) is 16.6 Å². The molecule has 0 unspecified atom stereocenters. The first-order valence-corrected chi connectivity index (χ1v) is 7.73. The van der Waals surface area contributed by atoms with Crippen LogP contribution < -0.4 is 4.90 Å². The van der Waals surface area contributed by atoms with Gasteiger partial charge < -0.3 is 4.90 Å². The Balaban J connectivity index is 1.89. The molecule has 3 nitrogen and oxygen atoms in total. The van der Waals surface area contributed by atoms with Crippen LogP contribution in [0.15, 0.2) is 16.8 Å². The molecule has 0 aromatic carbocycles. The van der Waals surface area contributed by atoms with Gasteiger partial charge in [0.25, 0.3) is 0 Å². The van der Waals surface area contributed by atoms with Crippen molar-refractivity contribution >= 4 is 28.8 Å². The summed E-state index contributed by atoms with van der Waals surface area (Å²) < 4.78 is 0. The van der Waals surface area contributed by atoms with Gasteiger partial charge in [0.05, 0.1) is 0 Å². The fourth-order valence-electron chi connectivity index (χ4n) is 2.12. The van der Waals surface area contributed by atoms with Crippen LogP contribution >= 0.6 is 22.9 Å². The molecule has 5 heteroatoms. The third kappa shape index (κ3) is 2.74. The third-order valence-electron chi connectivity index (χ3n) is 3.38. The van der Waals surface area contributed by atoms with Gasteiger partial charge in [-0.15, -0.1) is 0 Å². The summed E-state index contributed by atoms with van der Waals surface area (Å²) in [6.07, 6.45) is 2.38. The van der Waals surface area contributed by atoms with Crippen LogP contribution in [-0.2, 0) is 6.54 Å². The Bertz CT molecular complexity index is 579. The van der Waals surface area contributed by atoms with Crippen LogP contribution in [0.1, 0.15) is 35.7 Å². The number of nitrogens with zero attached hydrogens (tertiary/aromatic N) is 3. The molecular formula is C14H16ClN3S. The van der Waals surface area contributed by atoms with Gasteiger partial charge in [-0.25, -0.2) is 9.97 Å². The number of hydrogen-bond acceptors (Lipinski definition) is 4. The number of halogens is 1. The fourth-order valence-corrected chi connectivity index (χ4v) is 2.95. The minimum atomic E-state index is 0.520. The van der Waals surface area contributed by atoms with Gasteiger partial charge in [-0.05, 0) is 42.2 Å². The second-order valence-corrected chi connectivity index (χ2v) is 6.22. The van der Waals surface area contributed by atoms with E-state index in [2.05, 4.69) is 33.8 Å². The molecule has 1 aliphatic carbocycles. The van der Waals surface area contributed by atoms with E-state index in [1.54, 1.807) is 11.3 Å². The molecule has 3 rings (SSSR count). The minimum absolute atomic E-state index is 0.520. The molecule has 0 radical (unpaired) electrons. The maximum absolute atomic E-state index is 6.24. The Hall–Kier alpha value is -1.13. The summed E-state index contributed by atoms with van der Waals surface area (Å²) in [6.45, 7) is 2.83. The highest BCUT2D eigenvalue weighted by atomic mass is 35.5. The molecule has 0 spiro atoms. The maximum atomic E-state index is 6.24. The normalized spacial score (nSPS) is 14.7. The van der Waals surface area contributed by atoms with Crippen molar-refractivity contribution in [2.75, 3.05) is 11.9 Å². The van der Waals surface area contributed by atoms with Crippen molar-refractivity contribution in [3.63, 3.8) is 0 Å². The molecule has 0 aliphatic heterocycles. The zero-order chi connectivity index (χ0) is 13.4. The topological polar surface area (TPSA) is 29.0 Å². The Labute approximate surface area is 122 Å². The monoisotopic (exact) mass is 293 g/mol. The summed E-state index contributed by atoms with van der Waals surface area (Å²) in [7, 11) is 2.06. The molecule has 0 N–H and O–H groups in total. The predicted molar refractivity (Wildman–Crippen MR) is 80.2 cm³/mol.